The molecule has 0 radical (unpaired) electrons. The van der Waals surface area contributed by atoms with Gasteiger partial charge in [0.05, 0.1) is 10.6 Å². The Hall–Kier alpha value is -1.03. The highest BCUT2D eigenvalue weighted by atomic mass is 32.2. The highest BCUT2D eigenvalue weighted by Gasteiger charge is 2.13. The Kier molecular flexibility index (Phi) is 4.86. The Morgan fingerprint density at radius 1 is 1.11 bits per heavy atom. The van der Waals surface area contributed by atoms with Crippen LogP contribution in [0.15, 0.2) is 29.2 Å². The van der Waals surface area contributed by atoms with Crippen LogP contribution in [0.3, 0.4) is 0 Å². The second-order valence-corrected chi connectivity index (χ2v) is 7.59. The Balaban J connectivity index is 1.91. The summed E-state index contributed by atoms with van der Waals surface area (Å²) >= 11 is 0. The molecule has 1 aliphatic carbocycles. The van der Waals surface area contributed by atoms with Crippen LogP contribution < -0.4 is 5.32 Å². The predicted octanol–water partition coefficient (Wildman–Crippen LogP) is 3.47. The first-order valence-corrected chi connectivity index (χ1v) is 8.84. The van der Waals surface area contributed by atoms with Crippen LogP contribution >= 0.6 is 0 Å². The van der Waals surface area contributed by atoms with Crippen molar-refractivity contribution in [2.75, 3.05) is 17.6 Å². The van der Waals surface area contributed by atoms with E-state index in [9.17, 15) is 8.42 Å². The minimum atomic E-state index is -3.08. The molecule has 0 unspecified atom stereocenters. The van der Waals surface area contributed by atoms with E-state index in [1.165, 1.54) is 32.1 Å². The third-order valence-corrected chi connectivity index (χ3v) is 5.66. The maximum Gasteiger partial charge on any atom is 0.178 e. The summed E-state index contributed by atoms with van der Waals surface area (Å²) in [6.07, 6.45) is 6.70. The van der Waals surface area contributed by atoms with Gasteiger partial charge in [-0.3, -0.25) is 0 Å². The van der Waals surface area contributed by atoms with Gasteiger partial charge in [0, 0.05) is 12.2 Å². The van der Waals surface area contributed by atoms with Crippen molar-refractivity contribution in [2.45, 2.75) is 43.9 Å². The molecule has 0 aromatic heterocycles. The van der Waals surface area contributed by atoms with Crippen molar-refractivity contribution >= 4 is 15.5 Å². The summed E-state index contributed by atoms with van der Waals surface area (Å²) in [6.45, 7) is 2.67. The van der Waals surface area contributed by atoms with E-state index >= 15 is 0 Å². The van der Waals surface area contributed by atoms with Gasteiger partial charge in [0.25, 0.3) is 0 Å². The summed E-state index contributed by atoms with van der Waals surface area (Å²) in [6, 6.07) is 7.13. The summed E-state index contributed by atoms with van der Waals surface area (Å²) in [5.41, 5.74) is 1.01. The number of anilines is 1. The molecule has 19 heavy (non-hydrogen) atoms. The van der Waals surface area contributed by atoms with Crippen LogP contribution in [0.4, 0.5) is 5.69 Å². The molecule has 0 saturated heterocycles. The van der Waals surface area contributed by atoms with Gasteiger partial charge >= 0.3 is 0 Å². The van der Waals surface area contributed by atoms with Crippen molar-refractivity contribution in [1.29, 1.82) is 0 Å². The van der Waals surface area contributed by atoms with Gasteiger partial charge in [-0.05, 0) is 43.0 Å². The summed E-state index contributed by atoms with van der Waals surface area (Å²) in [4.78, 5) is 0.415. The van der Waals surface area contributed by atoms with Gasteiger partial charge in [0.15, 0.2) is 9.84 Å². The SMILES string of the molecule is CCS(=O)(=O)c1ccc(NCC2CCCCC2)cc1. The molecule has 4 heteroatoms. The third-order valence-electron chi connectivity index (χ3n) is 3.91. The molecule has 106 valence electrons. The zero-order valence-corrected chi connectivity index (χ0v) is 12.4. The fourth-order valence-corrected chi connectivity index (χ4v) is 3.48. The average molecular weight is 281 g/mol. The molecule has 0 amide bonds. The van der Waals surface area contributed by atoms with E-state index in [4.69, 9.17) is 0 Å². The lowest BCUT2D eigenvalue weighted by molar-refractivity contribution is 0.373. The van der Waals surface area contributed by atoms with Gasteiger partial charge in [0.2, 0.25) is 0 Å². The van der Waals surface area contributed by atoms with Gasteiger partial charge < -0.3 is 5.32 Å². The standard InChI is InChI=1S/C15H23NO2S/c1-2-19(17,18)15-10-8-14(9-11-15)16-12-13-6-4-3-5-7-13/h8-11,13,16H,2-7,12H2,1H3. The molecule has 1 saturated carbocycles. The summed E-state index contributed by atoms with van der Waals surface area (Å²) in [7, 11) is -3.08. The number of hydrogen-bond donors (Lipinski definition) is 1. The Morgan fingerprint density at radius 2 is 1.74 bits per heavy atom. The van der Waals surface area contributed by atoms with E-state index in [2.05, 4.69) is 5.32 Å². The van der Waals surface area contributed by atoms with Crippen LogP contribution in [-0.4, -0.2) is 20.7 Å². The molecule has 0 spiro atoms. The van der Waals surface area contributed by atoms with Gasteiger partial charge in [0.1, 0.15) is 0 Å². The first kappa shape index (κ1) is 14.4. The fraction of sp³-hybridized carbons (Fsp3) is 0.600. The Bertz CT molecular complexity index is 487. The van der Waals surface area contributed by atoms with E-state index in [-0.39, 0.29) is 5.75 Å². The molecule has 1 aromatic rings. The number of rotatable bonds is 5. The van der Waals surface area contributed by atoms with E-state index in [0.29, 0.717) is 4.90 Å². The number of hydrogen-bond acceptors (Lipinski definition) is 3. The number of benzene rings is 1. The zero-order valence-electron chi connectivity index (χ0n) is 11.6. The lowest BCUT2D eigenvalue weighted by atomic mass is 9.89. The molecule has 0 atom stereocenters. The van der Waals surface area contributed by atoms with Crippen LogP contribution in [0.2, 0.25) is 0 Å². The molecule has 0 bridgehead atoms. The second-order valence-electron chi connectivity index (χ2n) is 5.31. The van der Waals surface area contributed by atoms with E-state index < -0.39 is 9.84 Å². The molecule has 1 aromatic carbocycles. The van der Waals surface area contributed by atoms with E-state index in [0.717, 1.165) is 18.2 Å². The molecule has 1 aliphatic rings. The largest absolute Gasteiger partial charge is 0.385 e. The van der Waals surface area contributed by atoms with Crippen molar-refractivity contribution in [3.8, 4) is 0 Å². The molecule has 3 nitrogen and oxygen atoms in total. The lowest BCUT2D eigenvalue weighted by Crippen LogP contribution is -2.17. The third kappa shape index (κ3) is 3.96. The zero-order chi connectivity index (χ0) is 13.7. The fourth-order valence-electron chi connectivity index (χ4n) is 2.60. The number of sulfone groups is 1. The van der Waals surface area contributed by atoms with Crippen molar-refractivity contribution in [3.05, 3.63) is 24.3 Å². The first-order chi connectivity index (χ1) is 9.12. The van der Waals surface area contributed by atoms with Crippen LogP contribution in [0.5, 0.6) is 0 Å². The predicted molar refractivity (Wildman–Crippen MR) is 79.2 cm³/mol. The van der Waals surface area contributed by atoms with Crippen LogP contribution in [-0.2, 0) is 9.84 Å². The van der Waals surface area contributed by atoms with Gasteiger partial charge in [-0.15, -0.1) is 0 Å². The average Bonchev–Trinajstić information content (AvgIpc) is 2.47. The minimum absolute atomic E-state index is 0.155. The van der Waals surface area contributed by atoms with Gasteiger partial charge in [-0.25, -0.2) is 8.42 Å². The summed E-state index contributed by atoms with van der Waals surface area (Å²) in [5.74, 6) is 0.926. The monoisotopic (exact) mass is 281 g/mol. The molecular formula is C15H23NO2S. The maximum atomic E-state index is 11.7. The second kappa shape index (κ2) is 6.42. The highest BCUT2D eigenvalue weighted by Crippen LogP contribution is 2.24. The molecule has 0 heterocycles. The van der Waals surface area contributed by atoms with Crippen LogP contribution in [0.1, 0.15) is 39.0 Å². The molecular weight excluding hydrogens is 258 g/mol. The van der Waals surface area contributed by atoms with Crippen LogP contribution in [0, 0.1) is 5.92 Å². The first-order valence-electron chi connectivity index (χ1n) is 7.18. The van der Waals surface area contributed by atoms with E-state index in [1.54, 1.807) is 19.1 Å². The topological polar surface area (TPSA) is 46.2 Å². The quantitative estimate of drug-likeness (QED) is 0.899. The summed E-state index contributed by atoms with van der Waals surface area (Å²) < 4.78 is 23.4. The Morgan fingerprint density at radius 3 is 2.32 bits per heavy atom. The van der Waals surface area contributed by atoms with Crippen molar-refractivity contribution in [1.82, 2.24) is 0 Å². The molecule has 0 aliphatic heterocycles. The molecule has 1 N–H and O–H groups in total. The summed E-state index contributed by atoms with van der Waals surface area (Å²) in [5, 5.41) is 3.42. The van der Waals surface area contributed by atoms with Crippen molar-refractivity contribution in [2.24, 2.45) is 5.92 Å². The highest BCUT2D eigenvalue weighted by molar-refractivity contribution is 7.91. The Labute approximate surface area is 116 Å². The normalized spacial score (nSPS) is 17.3. The van der Waals surface area contributed by atoms with Gasteiger partial charge in [-0.2, -0.15) is 0 Å². The van der Waals surface area contributed by atoms with Crippen molar-refractivity contribution < 1.29 is 8.42 Å². The van der Waals surface area contributed by atoms with Crippen LogP contribution in [0.25, 0.3) is 0 Å². The minimum Gasteiger partial charge on any atom is -0.385 e. The van der Waals surface area contributed by atoms with Crippen molar-refractivity contribution in [3.63, 3.8) is 0 Å². The molecule has 1 fully saturated rings. The van der Waals surface area contributed by atoms with E-state index in [1.807, 2.05) is 12.1 Å². The lowest BCUT2D eigenvalue weighted by Gasteiger charge is -2.22. The molecule has 2 rings (SSSR count). The number of nitrogens with one attached hydrogen (secondary N) is 1. The maximum absolute atomic E-state index is 11.7. The van der Waals surface area contributed by atoms with Gasteiger partial charge in [-0.1, -0.05) is 26.2 Å². The smallest absolute Gasteiger partial charge is 0.178 e.